The van der Waals surface area contributed by atoms with Gasteiger partial charge in [-0.1, -0.05) is 43.3 Å². The number of likely N-dealkylation sites (N-methyl/N-ethyl adjacent to an activating group) is 1. The molecular weight excluding hydrogens is 478 g/mol. The maximum Gasteiger partial charge on any atom is 0.265 e. The average Bonchev–Trinajstić information content (AvgIpc) is 3.11. The topological polar surface area (TPSA) is 96.0 Å². The summed E-state index contributed by atoms with van der Waals surface area (Å²) in [5, 5.41) is 4.24. The van der Waals surface area contributed by atoms with Crippen LogP contribution in [0.5, 0.6) is 5.75 Å². The lowest BCUT2D eigenvalue weighted by Gasteiger charge is -2.30. The second kappa shape index (κ2) is 10.6. The van der Waals surface area contributed by atoms with Crippen LogP contribution in [0.25, 0.3) is 10.8 Å². The quantitative estimate of drug-likeness (QED) is 0.450. The van der Waals surface area contributed by atoms with Crippen molar-refractivity contribution in [3.63, 3.8) is 0 Å². The van der Waals surface area contributed by atoms with Gasteiger partial charge in [-0.2, -0.15) is 0 Å². The van der Waals surface area contributed by atoms with Gasteiger partial charge in [0.05, 0.1) is 17.7 Å². The van der Waals surface area contributed by atoms with Crippen LogP contribution in [0, 0.1) is 0 Å². The highest BCUT2D eigenvalue weighted by atomic mass is 32.2. The number of benzene rings is 3. The average molecular weight is 510 g/mol. The molecule has 0 bridgehead atoms. The number of nitrogens with one attached hydrogen (secondary N) is 1. The first kappa shape index (κ1) is 25.5. The van der Waals surface area contributed by atoms with Gasteiger partial charge in [-0.3, -0.25) is 13.9 Å². The zero-order valence-electron chi connectivity index (χ0n) is 20.7. The van der Waals surface area contributed by atoms with E-state index in [1.165, 1.54) is 4.31 Å². The molecule has 190 valence electrons. The van der Waals surface area contributed by atoms with Gasteiger partial charge in [-0.25, -0.2) is 8.42 Å². The molecule has 36 heavy (non-hydrogen) atoms. The minimum Gasteiger partial charge on any atom is -0.497 e. The fourth-order valence-corrected chi connectivity index (χ4v) is 6.48. The third kappa shape index (κ3) is 4.75. The van der Waals surface area contributed by atoms with Crippen molar-refractivity contribution in [1.29, 1.82) is 0 Å². The summed E-state index contributed by atoms with van der Waals surface area (Å²) in [5.41, 5.74) is 1.51. The van der Waals surface area contributed by atoms with Crippen LogP contribution in [0.2, 0.25) is 0 Å². The van der Waals surface area contributed by atoms with Gasteiger partial charge in [0.2, 0.25) is 11.8 Å². The van der Waals surface area contributed by atoms with Gasteiger partial charge >= 0.3 is 0 Å². The maximum absolute atomic E-state index is 13.4. The zero-order chi connectivity index (χ0) is 25.9. The van der Waals surface area contributed by atoms with Crippen molar-refractivity contribution in [2.45, 2.75) is 43.7 Å². The van der Waals surface area contributed by atoms with Crippen molar-refractivity contribution in [2.75, 3.05) is 25.0 Å². The number of rotatable bonds is 10. The van der Waals surface area contributed by atoms with Gasteiger partial charge in [0.25, 0.3) is 10.0 Å². The lowest BCUT2D eigenvalue weighted by atomic mass is 10.1. The largest absolute Gasteiger partial charge is 0.497 e. The molecule has 0 aliphatic carbocycles. The van der Waals surface area contributed by atoms with Gasteiger partial charge in [0, 0.05) is 31.9 Å². The van der Waals surface area contributed by atoms with Gasteiger partial charge in [-0.05, 0) is 48.1 Å². The Balaban J connectivity index is 1.51. The van der Waals surface area contributed by atoms with Crippen molar-refractivity contribution in [3.05, 3.63) is 66.2 Å². The molecule has 4 rings (SSSR count). The van der Waals surface area contributed by atoms with Crippen LogP contribution >= 0.6 is 0 Å². The standard InChI is InChI=1S/C27H31N3O5S/c1-4-22(27(32)28-2)29(18-19-13-15-21(35-3)16-14-19)25(31)12-7-17-30-23-10-5-8-20-9-6-11-24(26(20)23)36(30,33)34/h5-6,8-11,13-16,22H,4,7,12,17-18H2,1-3H3,(H,28,32)/t22-/m0/s1. The molecule has 0 radical (unpaired) electrons. The summed E-state index contributed by atoms with van der Waals surface area (Å²) in [5.74, 6) is 0.273. The van der Waals surface area contributed by atoms with Gasteiger partial charge in [0.15, 0.2) is 0 Å². The number of hydrogen-bond acceptors (Lipinski definition) is 5. The molecule has 1 atom stereocenters. The highest BCUT2D eigenvalue weighted by Crippen LogP contribution is 2.42. The number of amides is 2. The molecule has 1 N–H and O–H groups in total. The SMILES string of the molecule is CC[C@@H](C(=O)NC)N(Cc1ccc(OC)cc1)C(=O)CCCN1c2cccc3cccc(c23)S1(=O)=O. The Bertz CT molecular complexity index is 1370. The first-order valence-electron chi connectivity index (χ1n) is 12.0. The second-order valence-corrected chi connectivity index (χ2v) is 10.6. The normalized spacial score (nSPS) is 14.5. The molecule has 8 nitrogen and oxygen atoms in total. The molecule has 1 heterocycles. The minimum absolute atomic E-state index is 0.113. The molecule has 9 heteroatoms. The molecule has 0 fully saturated rings. The fraction of sp³-hybridized carbons (Fsp3) is 0.333. The molecule has 1 aliphatic heterocycles. The lowest BCUT2D eigenvalue weighted by Crippen LogP contribution is -2.48. The predicted molar refractivity (Wildman–Crippen MR) is 139 cm³/mol. The van der Waals surface area contributed by atoms with E-state index < -0.39 is 16.1 Å². The molecular formula is C27H31N3O5S. The molecule has 1 aliphatic rings. The van der Waals surface area contributed by atoms with Crippen molar-refractivity contribution >= 4 is 38.3 Å². The Morgan fingerprint density at radius 3 is 2.39 bits per heavy atom. The Kier molecular flexibility index (Phi) is 7.49. The molecule has 3 aromatic carbocycles. The molecule has 3 aromatic rings. The highest BCUT2D eigenvalue weighted by molar-refractivity contribution is 7.93. The third-order valence-corrected chi connectivity index (χ3v) is 8.43. The van der Waals surface area contributed by atoms with Crippen LogP contribution in [-0.2, 0) is 26.2 Å². The summed E-state index contributed by atoms with van der Waals surface area (Å²) in [6.45, 7) is 2.30. The molecule has 2 amide bonds. The maximum atomic E-state index is 13.4. The number of hydrogen-bond donors (Lipinski definition) is 1. The smallest absolute Gasteiger partial charge is 0.265 e. The number of carbonyl (C=O) groups excluding carboxylic acids is 2. The van der Waals surface area contributed by atoms with Crippen LogP contribution in [0.15, 0.2) is 65.6 Å². The van der Waals surface area contributed by atoms with Crippen LogP contribution in [0.1, 0.15) is 31.7 Å². The molecule has 0 saturated carbocycles. The van der Waals surface area contributed by atoms with E-state index in [1.54, 1.807) is 37.3 Å². The Labute approximate surface area is 211 Å². The second-order valence-electron chi connectivity index (χ2n) is 8.72. The van der Waals surface area contributed by atoms with E-state index in [1.807, 2.05) is 49.4 Å². The monoisotopic (exact) mass is 509 g/mol. The zero-order valence-corrected chi connectivity index (χ0v) is 21.5. The predicted octanol–water partition coefficient (Wildman–Crippen LogP) is 3.69. The number of carbonyl (C=O) groups is 2. The van der Waals surface area contributed by atoms with E-state index in [0.717, 1.165) is 16.3 Å². The number of sulfonamides is 1. The fourth-order valence-electron chi connectivity index (χ4n) is 4.73. The molecule has 0 unspecified atom stereocenters. The molecule has 0 saturated heterocycles. The summed E-state index contributed by atoms with van der Waals surface area (Å²) in [6, 6.07) is 17.5. The van der Waals surface area contributed by atoms with Crippen molar-refractivity contribution in [2.24, 2.45) is 0 Å². The first-order valence-corrected chi connectivity index (χ1v) is 13.4. The van der Waals surface area contributed by atoms with Gasteiger partial charge in [-0.15, -0.1) is 0 Å². The Morgan fingerprint density at radius 2 is 1.75 bits per heavy atom. The summed E-state index contributed by atoms with van der Waals surface area (Å²) in [6.07, 6.45) is 0.896. The number of ether oxygens (including phenoxy) is 1. The van der Waals surface area contributed by atoms with Gasteiger partial charge in [0.1, 0.15) is 11.8 Å². The number of nitrogens with zero attached hydrogens (tertiary/aromatic N) is 2. The number of methoxy groups -OCH3 is 1. The van der Waals surface area contributed by atoms with Crippen LogP contribution in [-0.4, -0.2) is 51.9 Å². The van der Waals surface area contributed by atoms with E-state index >= 15 is 0 Å². The molecule has 0 aromatic heterocycles. The minimum atomic E-state index is -3.68. The van der Waals surface area contributed by atoms with Gasteiger partial charge < -0.3 is 15.0 Å². The Hall–Kier alpha value is -3.59. The third-order valence-electron chi connectivity index (χ3n) is 6.58. The molecule has 0 spiro atoms. The lowest BCUT2D eigenvalue weighted by molar-refractivity contribution is -0.141. The van der Waals surface area contributed by atoms with E-state index in [-0.39, 0.29) is 31.3 Å². The van der Waals surface area contributed by atoms with E-state index in [0.29, 0.717) is 29.2 Å². The van der Waals surface area contributed by atoms with Crippen LogP contribution in [0.3, 0.4) is 0 Å². The summed E-state index contributed by atoms with van der Waals surface area (Å²) in [7, 11) is -0.538. The van der Waals surface area contributed by atoms with Crippen LogP contribution in [0.4, 0.5) is 5.69 Å². The van der Waals surface area contributed by atoms with Crippen molar-refractivity contribution < 1.29 is 22.7 Å². The Morgan fingerprint density at radius 1 is 1.06 bits per heavy atom. The van der Waals surface area contributed by atoms with E-state index in [9.17, 15) is 18.0 Å². The number of anilines is 1. The van der Waals surface area contributed by atoms with Crippen molar-refractivity contribution in [3.8, 4) is 5.75 Å². The summed E-state index contributed by atoms with van der Waals surface area (Å²) >= 11 is 0. The highest BCUT2D eigenvalue weighted by Gasteiger charge is 2.35. The first-order chi connectivity index (χ1) is 17.3. The summed E-state index contributed by atoms with van der Waals surface area (Å²) in [4.78, 5) is 27.8. The van der Waals surface area contributed by atoms with E-state index in [4.69, 9.17) is 4.74 Å². The van der Waals surface area contributed by atoms with E-state index in [2.05, 4.69) is 5.32 Å². The summed E-state index contributed by atoms with van der Waals surface area (Å²) < 4.78 is 33.0. The van der Waals surface area contributed by atoms with Crippen molar-refractivity contribution in [1.82, 2.24) is 10.2 Å². The van der Waals surface area contributed by atoms with Crippen LogP contribution < -0.4 is 14.4 Å².